The van der Waals surface area contributed by atoms with Crippen LogP contribution in [0.5, 0.6) is 0 Å². The van der Waals surface area contributed by atoms with Gasteiger partial charge in [0, 0.05) is 11.4 Å². The molecule has 0 saturated heterocycles. The predicted octanol–water partition coefficient (Wildman–Crippen LogP) is 50.7. The molecule has 138 heavy (non-hydrogen) atoms. The Kier molecular flexibility index (Phi) is 123. The highest BCUT2D eigenvalue weighted by Gasteiger charge is 2.50. The number of unbranched alkanes of at least 4 members (excludes halogenated alkanes) is 118. The van der Waals surface area contributed by atoms with Crippen LogP contribution in [0.15, 0.2) is 0 Å². The topological polar surface area (TPSA) is 40.1 Å². The van der Waals surface area contributed by atoms with Crippen LogP contribution in [0.3, 0.4) is 0 Å². The smallest absolute Gasteiger partial charge is 0.0481 e. The van der Waals surface area contributed by atoms with Crippen molar-refractivity contribution in [2.24, 2.45) is 10.8 Å². The van der Waals surface area contributed by atoms with Crippen LogP contribution >= 0.6 is 0 Å². The van der Waals surface area contributed by atoms with Gasteiger partial charge in [-0.1, -0.05) is 824 Å². The van der Waals surface area contributed by atoms with Crippen LogP contribution in [-0.2, 0) is 4.79 Å². The molecule has 0 N–H and O–H groups in total. The fourth-order valence-corrected chi connectivity index (χ4v) is 24.8. The van der Waals surface area contributed by atoms with E-state index in [1.165, 1.54) is 777 Å². The van der Waals surface area contributed by atoms with Crippen molar-refractivity contribution in [3.8, 4) is 0 Å². The standard InChI is InChI=1S/C136H272O2/c1-6-11-16-21-26-31-36-40-44-48-52-56-60-64-68-72-76-80-84-88-92-96-100-105-110-115-120-125-130-135(129-124-119-114-109-104-35-30-25-20-15-10-5,131-126-121-116-111-106-101-97-93-89-85-81-77-73-69-65-61-57-53-49-45-41-37-32-27-22-17-12-7-2)136(134(137)138,132-127-122-117-112-107-102-98-94-90-86-82-78-74-70-66-62-58-54-50-46-42-38-33-28-23-18-13-8-3)133-128-123-118-113-108-103-99-95-91-87-83-79-75-71-67-63-59-55-51-47-43-39-34-29-24-19-14-9-4/h6-133H2,1-5H3,(H,137,138)/p-1. The molecule has 0 heterocycles. The third kappa shape index (κ3) is 105. The van der Waals surface area contributed by atoms with E-state index in [1.807, 2.05) is 0 Å². The van der Waals surface area contributed by atoms with Crippen LogP contribution in [0.4, 0.5) is 0 Å². The van der Waals surface area contributed by atoms with Gasteiger partial charge in [0.05, 0.1) is 0 Å². The Labute approximate surface area is 877 Å². The van der Waals surface area contributed by atoms with Crippen molar-refractivity contribution in [2.45, 2.75) is 856 Å². The lowest BCUT2D eigenvalue weighted by Gasteiger charge is -2.53. The molecule has 0 spiro atoms. The molecule has 0 aliphatic heterocycles. The zero-order valence-corrected chi connectivity index (χ0v) is 97.8. The number of carbonyl (C=O) groups is 1. The van der Waals surface area contributed by atoms with Gasteiger partial charge in [-0.05, 0) is 37.5 Å². The van der Waals surface area contributed by atoms with Gasteiger partial charge in [-0.2, -0.15) is 0 Å². The Hall–Kier alpha value is -0.530. The molecule has 2 nitrogen and oxygen atoms in total. The molecule has 0 aromatic carbocycles. The molecule has 0 aromatic rings. The molecule has 0 atom stereocenters. The second-order valence-electron chi connectivity index (χ2n) is 48.1. The number of hydrogen-bond acceptors (Lipinski definition) is 2. The quantitative estimate of drug-likeness (QED) is 0.0570. The third-order valence-corrected chi connectivity index (χ3v) is 34.6. The van der Waals surface area contributed by atoms with E-state index in [4.69, 9.17) is 0 Å². The highest BCUT2D eigenvalue weighted by Crippen LogP contribution is 2.57. The molecule has 0 unspecified atom stereocenters. The SMILES string of the molecule is CCCCCCCCCCCCCCCCCCCCCCCCCCCCCCC(CCCCCCCCCCCCC)(CCCCCCCCCCCCCCCCCCCCCCCCCCCCCC)C(CCCCCCCCCCCCCCCCCCCCCCCCCCCCCC)(CCCCCCCCCCCCCCCCCCCCCCCCCCCCCC)C(=O)[O-]. The van der Waals surface area contributed by atoms with E-state index in [0.717, 1.165) is 44.9 Å². The summed E-state index contributed by atoms with van der Waals surface area (Å²) in [5.74, 6) is -0.610. The first-order valence-electron chi connectivity index (χ1n) is 67.7. The Balaban J connectivity index is 6.00. The summed E-state index contributed by atoms with van der Waals surface area (Å²) in [4.78, 5) is 15.1. The number of rotatable bonds is 130. The normalized spacial score (nSPS) is 12.1. The summed E-state index contributed by atoms with van der Waals surface area (Å²) in [6.07, 6.45) is 180. The first kappa shape index (κ1) is 137. The van der Waals surface area contributed by atoms with Crippen LogP contribution in [0.25, 0.3) is 0 Å². The summed E-state index contributed by atoms with van der Waals surface area (Å²) >= 11 is 0. The lowest BCUT2D eigenvalue weighted by molar-refractivity contribution is -0.328. The van der Waals surface area contributed by atoms with Crippen LogP contribution in [0, 0.1) is 10.8 Å². The van der Waals surface area contributed by atoms with E-state index in [2.05, 4.69) is 34.6 Å². The highest BCUT2D eigenvalue weighted by atomic mass is 16.4. The first-order valence-corrected chi connectivity index (χ1v) is 67.7. The van der Waals surface area contributed by atoms with Gasteiger partial charge < -0.3 is 9.90 Å². The van der Waals surface area contributed by atoms with Gasteiger partial charge in [-0.3, -0.25) is 0 Å². The van der Waals surface area contributed by atoms with Crippen molar-refractivity contribution in [1.82, 2.24) is 0 Å². The fraction of sp³-hybridized carbons (Fsp3) is 0.993. The summed E-state index contributed by atoms with van der Waals surface area (Å²) in [6.45, 7) is 11.6. The van der Waals surface area contributed by atoms with E-state index in [0.29, 0.717) is 0 Å². The molecule has 0 rings (SSSR count). The predicted molar refractivity (Wildman–Crippen MR) is 629 cm³/mol. The zero-order chi connectivity index (χ0) is 99.1. The highest BCUT2D eigenvalue weighted by molar-refractivity contribution is 5.74. The summed E-state index contributed by atoms with van der Waals surface area (Å²) in [6, 6.07) is 0. The Morgan fingerprint density at radius 2 is 0.174 bits per heavy atom. The van der Waals surface area contributed by atoms with Crippen molar-refractivity contribution in [1.29, 1.82) is 0 Å². The molecule has 0 aromatic heterocycles. The van der Waals surface area contributed by atoms with Crippen molar-refractivity contribution >= 4 is 5.97 Å². The number of carboxylic acid groups (broad SMARTS) is 1. The van der Waals surface area contributed by atoms with Gasteiger partial charge in [0.25, 0.3) is 0 Å². The summed E-state index contributed by atoms with van der Waals surface area (Å²) in [5, 5.41) is 15.1. The molecular weight excluding hydrogens is 1670 g/mol. The molecular formula is C136H271O2-. The van der Waals surface area contributed by atoms with Crippen molar-refractivity contribution in [3.63, 3.8) is 0 Å². The maximum Gasteiger partial charge on any atom is 0.0481 e. The number of carboxylic acids is 1. The van der Waals surface area contributed by atoms with Crippen LogP contribution in [-0.4, -0.2) is 5.97 Å². The number of carbonyl (C=O) groups excluding carboxylic acids is 1. The van der Waals surface area contributed by atoms with Gasteiger partial charge in [-0.15, -0.1) is 0 Å². The van der Waals surface area contributed by atoms with E-state index in [9.17, 15) is 0 Å². The fourth-order valence-electron chi connectivity index (χ4n) is 24.8. The Morgan fingerprint density at radius 3 is 0.246 bits per heavy atom. The minimum atomic E-state index is -0.707. The first-order chi connectivity index (χ1) is 68.5. The molecule has 0 amide bonds. The molecule has 0 fully saturated rings. The minimum Gasteiger partial charge on any atom is -0.550 e. The van der Waals surface area contributed by atoms with Crippen molar-refractivity contribution in [2.75, 3.05) is 0 Å². The monoisotopic (exact) mass is 1940 g/mol. The summed E-state index contributed by atoms with van der Waals surface area (Å²) in [5.41, 5.74) is -0.860. The van der Waals surface area contributed by atoms with Gasteiger partial charge in [0.1, 0.15) is 0 Å². The minimum absolute atomic E-state index is 0.152. The molecule has 0 aliphatic rings. The second-order valence-corrected chi connectivity index (χ2v) is 48.1. The van der Waals surface area contributed by atoms with Crippen molar-refractivity contribution in [3.05, 3.63) is 0 Å². The lowest BCUT2D eigenvalue weighted by Crippen LogP contribution is -2.54. The zero-order valence-electron chi connectivity index (χ0n) is 97.8. The molecule has 0 bridgehead atoms. The van der Waals surface area contributed by atoms with Gasteiger partial charge in [0.2, 0.25) is 0 Å². The average Bonchev–Trinajstić information content (AvgIpc) is 0.755. The van der Waals surface area contributed by atoms with Gasteiger partial charge in [0.15, 0.2) is 0 Å². The largest absolute Gasteiger partial charge is 0.550 e. The molecule has 828 valence electrons. The molecule has 0 saturated carbocycles. The van der Waals surface area contributed by atoms with Crippen molar-refractivity contribution < 1.29 is 9.90 Å². The van der Waals surface area contributed by atoms with E-state index in [-0.39, 0.29) is 5.41 Å². The number of hydrogen-bond donors (Lipinski definition) is 0. The third-order valence-electron chi connectivity index (χ3n) is 34.6. The number of aliphatic carboxylic acids is 1. The Morgan fingerprint density at radius 1 is 0.109 bits per heavy atom. The lowest BCUT2D eigenvalue weighted by atomic mass is 9.53. The van der Waals surface area contributed by atoms with E-state index < -0.39 is 11.4 Å². The van der Waals surface area contributed by atoms with Gasteiger partial charge >= 0.3 is 0 Å². The van der Waals surface area contributed by atoms with E-state index >= 15 is 9.90 Å². The van der Waals surface area contributed by atoms with E-state index in [1.54, 1.807) is 0 Å². The molecule has 2 heteroatoms. The van der Waals surface area contributed by atoms with Crippen LogP contribution in [0.2, 0.25) is 0 Å². The maximum atomic E-state index is 15.1. The average molecular weight is 1940 g/mol. The maximum absolute atomic E-state index is 15.1. The van der Waals surface area contributed by atoms with Gasteiger partial charge in [-0.25, -0.2) is 0 Å². The molecule has 0 aliphatic carbocycles. The summed E-state index contributed by atoms with van der Waals surface area (Å²) < 4.78 is 0. The van der Waals surface area contributed by atoms with Crippen LogP contribution < -0.4 is 5.11 Å². The summed E-state index contributed by atoms with van der Waals surface area (Å²) in [7, 11) is 0. The van der Waals surface area contributed by atoms with Crippen LogP contribution in [0.1, 0.15) is 856 Å². The Bertz CT molecular complexity index is 1990. The molecule has 0 radical (unpaired) electrons. The second kappa shape index (κ2) is 123.